The summed E-state index contributed by atoms with van der Waals surface area (Å²) in [4.78, 5) is 16.3. The summed E-state index contributed by atoms with van der Waals surface area (Å²) in [5, 5.41) is 3.93. The Morgan fingerprint density at radius 3 is 2.59 bits per heavy atom. The number of methoxy groups -OCH3 is 2. The number of hydrogen-bond acceptors (Lipinski definition) is 7. The maximum Gasteiger partial charge on any atom is 0.331 e. The molecule has 0 aliphatic heterocycles. The van der Waals surface area contributed by atoms with E-state index in [1.165, 1.54) is 11.6 Å². The van der Waals surface area contributed by atoms with Crippen LogP contribution in [0, 0.1) is 0 Å². The average molecular weight is 394 g/mol. The molecular weight excluding hydrogens is 372 g/mol. The van der Waals surface area contributed by atoms with Crippen molar-refractivity contribution in [1.29, 1.82) is 0 Å². The normalized spacial score (nSPS) is 10.9. The lowest BCUT2D eigenvalue weighted by Crippen LogP contribution is -2.01. The van der Waals surface area contributed by atoms with Gasteiger partial charge in [-0.2, -0.15) is 4.98 Å². The highest BCUT2D eigenvalue weighted by Gasteiger charge is 2.10. The van der Waals surface area contributed by atoms with Crippen molar-refractivity contribution in [3.05, 3.63) is 65.6 Å². The highest BCUT2D eigenvalue weighted by atomic mass is 16.6. The van der Waals surface area contributed by atoms with Crippen LogP contribution in [-0.2, 0) is 22.6 Å². The van der Waals surface area contributed by atoms with Crippen molar-refractivity contribution >= 4 is 12.0 Å². The fourth-order valence-corrected chi connectivity index (χ4v) is 2.62. The van der Waals surface area contributed by atoms with E-state index >= 15 is 0 Å². The molecule has 7 nitrogen and oxygen atoms in total. The first kappa shape index (κ1) is 20.1. The van der Waals surface area contributed by atoms with E-state index in [0.717, 1.165) is 17.5 Å². The molecule has 0 bridgehead atoms. The van der Waals surface area contributed by atoms with Crippen molar-refractivity contribution < 1.29 is 23.5 Å². The number of hydrogen-bond donors (Lipinski definition) is 0. The Kier molecular flexibility index (Phi) is 6.63. The van der Waals surface area contributed by atoms with Gasteiger partial charge in [0.1, 0.15) is 11.5 Å². The van der Waals surface area contributed by atoms with Crippen LogP contribution in [0.1, 0.15) is 23.9 Å². The summed E-state index contributed by atoms with van der Waals surface area (Å²) in [7, 11) is 3.12. The first-order chi connectivity index (χ1) is 14.1. The molecule has 0 radical (unpaired) electrons. The van der Waals surface area contributed by atoms with Gasteiger partial charge in [0.15, 0.2) is 6.61 Å². The van der Waals surface area contributed by atoms with E-state index in [0.29, 0.717) is 17.3 Å². The zero-order valence-electron chi connectivity index (χ0n) is 16.5. The molecule has 1 heterocycles. The molecule has 0 amide bonds. The van der Waals surface area contributed by atoms with Gasteiger partial charge in [-0.15, -0.1) is 0 Å². The van der Waals surface area contributed by atoms with Gasteiger partial charge in [-0.25, -0.2) is 4.79 Å². The predicted molar refractivity (Wildman–Crippen MR) is 107 cm³/mol. The van der Waals surface area contributed by atoms with Crippen molar-refractivity contribution in [3.8, 4) is 22.9 Å². The smallest absolute Gasteiger partial charge is 0.331 e. The summed E-state index contributed by atoms with van der Waals surface area (Å²) in [6.07, 6.45) is 3.88. The van der Waals surface area contributed by atoms with Crippen LogP contribution in [0.15, 0.2) is 53.1 Å². The zero-order chi connectivity index (χ0) is 20.6. The molecule has 0 N–H and O–H groups in total. The van der Waals surface area contributed by atoms with E-state index in [9.17, 15) is 4.79 Å². The molecule has 0 aliphatic rings. The van der Waals surface area contributed by atoms with Gasteiger partial charge < -0.3 is 18.7 Å². The predicted octanol–water partition coefficient (Wildman–Crippen LogP) is 4.07. The van der Waals surface area contributed by atoms with E-state index < -0.39 is 5.97 Å². The number of nitrogens with zero attached hydrogens (tertiary/aromatic N) is 2. The number of aromatic nitrogens is 2. The van der Waals surface area contributed by atoms with E-state index in [1.54, 1.807) is 38.5 Å². The van der Waals surface area contributed by atoms with Gasteiger partial charge in [0.05, 0.1) is 14.2 Å². The molecule has 29 heavy (non-hydrogen) atoms. The van der Waals surface area contributed by atoms with Gasteiger partial charge in [-0.05, 0) is 30.2 Å². The number of esters is 1. The number of benzene rings is 2. The monoisotopic (exact) mass is 394 g/mol. The van der Waals surface area contributed by atoms with Gasteiger partial charge >= 0.3 is 5.97 Å². The second kappa shape index (κ2) is 9.54. The second-order valence-electron chi connectivity index (χ2n) is 6.11. The minimum absolute atomic E-state index is 0.108. The first-order valence-electron chi connectivity index (χ1n) is 9.11. The van der Waals surface area contributed by atoms with E-state index in [2.05, 4.69) is 17.1 Å². The highest BCUT2D eigenvalue weighted by molar-refractivity contribution is 5.87. The van der Waals surface area contributed by atoms with E-state index in [1.807, 2.05) is 24.3 Å². The van der Waals surface area contributed by atoms with Gasteiger partial charge in [-0.3, -0.25) is 0 Å². The molecule has 0 fully saturated rings. The van der Waals surface area contributed by atoms with E-state index in [4.69, 9.17) is 18.7 Å². The van der Waals surface area contributed by atoms with Crippen molar-refractivity contribution in [3.63, 3.8) is 0 Å². The summed E-state index contributed by atoms with van der Waals surface area (Å²) < 4.78 is 20.8. The van der Waals surface area contributed by atoms with Gasteiger partial charge in [0.25, 0.3) is 5.89 Å². The van der Waals surface area contributed by atoms with Crippen LogP contribution in [0.5, 0.6) is 11.5 Å². The minimum Gasteiger partial charge on any atom is -0.497 e. The van der Waals surface area contributed by atoms with E-state index in [-0.39, 0.29) is 12.5 Å². The summed E-state index contributed by atoms with van der Waals surface area (Å²) in [6.45, 7) is 1.98. The van der Waals surface area contributed by atoms with Gasteiger partial charge in [-0.1, -0.05) is 36.3 Å². The van der Waals surface area contributed by atoms with Crippen molar-refractivity contribution in [1.82, 2.24) is 10.1 Å². The summed E-state index contributed by atoms with van der Waals surface area (Å²) >= 11 is 0. The molecule has 0 atom stereocenters. The largest absolute Gasteiger partial charge is 0.497 e. The number of aryl methyl sites for hydroxylation is 1. The maximum absolute atomic E-state index is 12.0. The fraction of sp³-hybridized carbons (Fsp3) is 0.227. The first-order valence-corrected chi connectivity index (χ1v) is 9.11. The van der Waals surface area contributed by atoms with Crippen LogP contribution in [0.3, 0.4) is 0 Å². The Morgan fingerprint density at radius 2 is 1.90 bits per heavy atom. The summed E-state index contributed by atoms with van der Waals surface area (Å²) in [6, 6.07) is 13.2. The third kappa shape index (κ3) is 5.22. The van der Waals surface area contributed by atoms with Crippen LogP contribution >= 0.6 is 0 Å². The molecule has 1 aromatic heterocycles. The lowest BCUT2D eigenvalue weighted by atomic mass is 10.1. The Hall–Kier alpha value is -3.61. The molecular formula is C22H22N2O5. The number of rotatable bonds is 8. The quantitative estimate of drug-likeness (QED) is 0.420. The van der Waals surface area contributed by atoms with Crippen molar-refractivity contribution in [2.24, 2.45) is 0 Å². The third-order valence-corrected chi connectivity index (χ3v) is 4.27. The Morgan fingerprint density at radius 1 is 1.10 bits per heavy atom. The zero-order valence-corrected chi connectivity index (χ0v) is 16.5. The summed E-state index contributed by atoms with van der Waals surface area (Å²) in [5.41, 5.74) is 2.79. The molecule has 3 aromatic rings. The molecule has 0 spiro atoms. The summed E-state index contributed by atoms with van der Waals surface area (Å²) in [5.74, 6) is 1.40. The molecule has 3 rings (SSSR count). The van der Waals surface area contributed by atoms with Crippen LogP contribution in [0.4, 0.5) is 0 Å². The third-order valence-electron chi connectivity index (χ3n) is 4.27. The highest BCUT2D eigenvalue weighted by Crippen LogP contribution is 2.25. The second-order valence-corrected chi connectivity index (χ2v) is 6.11. The molecule has 150 valence electrons. The van der Waals surface area contributed by atoms with Crippen LogP contribution in [0.2, 0.25) is 0 Å². The van der Waals surface area contributed by atoms with Crippen molar-refractivity contribution in [2.75, 3.05) is 14.2 Å². The van der Waals surface area contributed by atoms with Crippen LogP contribution < -0.4 is 9.47 Å². The van der Waals surface area contributed by atoms with Crippen molar-refractivity contribution in [2.45, 2.75) is 20.0 Å². The van der Waals surface area contributed by atoms with Crippen LogP contribution in [0.25, 0.3) is 17.5 Å². The maximum atomic E-state index is 12.0. The molecule has 0 aliphatic carbocycles. The van der Waals surface area contributed by atoms with Crippen LogP contribution in [-0.4, -0.2) is 30.3 Å². The Balaban J connectivity index is 1.58. The number of carbonyl (C=O) groups excluding carboxylic acids is 1. The molecule has 2 aromatic carbocycles. The number of carbonyl (C=O) groups is 1. The molecule has 0 unspecified atom stereocenters. The average Bonchev–Trinajstić information content (AvgIpc) is 3.25. The lowest BCUT2D eigenvalue weighted by molar-refractivity contribution is -0.139. The topological polar surface area (TPSA) is 83.7 Å². The standard InChI is InChI=1S/C22H22N2O5/c1-4-15-5-7-17(8-6-15)22-23-20(29-24-22)14-28-21(25)12-10-16-9-11-18(26-2)13-19(16)27-3/h5-13H,4,14H2,1-3H3/b12-10+. The van der Waals surface area contributed by atoms with Gasteiger partial charge in [0.2, 0.25) is 5.82 Å². The number of ether oxygens (including phenoxy) is 3. The minimum atomic E-state index is -0.532. The SMILES string of the molecule is CCc1ccc(-c2noc(COC(=O)/C=C/c3ccc(OC)cc3OC)n2)cc1. The Labute approximate surface area is 168 Å². The molecule has 7 heteroatoms. The lowest BCUT2D eigenvalue weighted by Gasteiger charge is -2.07. The van der Waals surface area contributed by atoms with Gasteiger partial charge in [0, 0.05) is 23.3 Å². The Bertz CT molecular complexity index is 993. The molecule has 0 saturated heterocycles. The molecule has 0 saturated carbocycles. The fourth-order valence-electron chi connectivity index (χ4n) is 2.62.